The average Bonchev–Trinajstić information content (AvgIpc) is 3.49. The van der Waals surface area contributed by atoms with Crippen LogP contribution in [0.1, 0.15) is 24.9 Å². The fraction of sp³-hybridized carbons (Fsp3) is 0.542. The molecule has 5 rings (SSSR count). The molecule has 3 fully saturated rings. The van der Waals surface area contributed by atoms with Gasteiger partial charge in [-0.15, -0.1) is 0 Å². The van der Waals surface area contributed by atoms with Gasteiger partial charge in [-0.2, -0.15) is 5.09 Å². The number of nitrogens with zero attached hydrogens (tertiary/aromatic N) is 1. The largest absolute Gasteiger partial charge is 0.468 e. The molecule has 2 aromatic rings. The summed E-state index contributed by atoms with van der Waals surface area (Å²) in [5.74, 6) is 0.133. The van der Waals surface area contributed by atoms with Crippen LogP contribution < -0.4 is 20.9 Å². The number of ether oxygens (including phenoxy) is 2. The molecule has 12 heteroatoms. The number of H-pyrrole nitrogens is 1. The first kappa shape index (κ1) is 25.0. The van der Waals surface area contributed by atoms with E-state index in [-0.39, 0.29) is 42.4 Å². The molecule has 1 aromatic heterocycles. The van der Waals surface area contributed by atoms with Crippen molar-refractivity contribution in [2.75, 3.05) is 20.3 Å². The summed E-state index contributed by atoms with van der Waals surface area (Å²) in [6.45, 7) is 3.78. The zero-order valence-electron chi connectivity index (χ0n) is 20.3. The molecule has 1 saturated heterocycles. The van der Waals surface area contributed by atoms with E-state index in [0.29, 0.717) is 17.9 Å². The molecule has 8 atom stereocenters. The lowest BCUT2D eigenvalue weighted by atomic mass is 9.78. The van der Waals surface area contributed by atoms with E-state index in [9.17, 15) is 18.9 Å². The maximum Gasteiger partial charge on any atom is 0.459 e. The highest BCUT2D eigenvalue weighted by Gasteiger charge is 2.63. The Morgan fingerprint density at radius 3 is 2.72 bits per heavy atom. The predicted octanol–water partition coefficient (Wildman–Crippen LogP) is 2.02. The molecule has 11 nitrogen and oxygen atoms in total. The first-order valence-electron chi connectivity index (χ1n) is 12.0. The van der Waals surface area contributed by atoms with Crippen LogP contribution in [0.2, 0.25) is 0 Å². The van der Waals surface area contributed by atoms with Gasteiger partial charge in [0.05, 0.1) is 32.5 Å². The molecule has 0 radical (unpaired) electrons. The molecular formula is C24H30N3O8P. The minimum atomic E-state index is -3.99. The Balaban J connectivity index is 1.39. The second kappa shape index (κ2) is 9.63. The molecule has 36 heavy (non-hydrogen) atoms. The Kier molecular flexibility index (Phi) is 6.67. The first-order valence-corrected chi connectivity index (χ1v) is 13.5. The number of fused-ring (bicyclic) bond motifs is 1. The third kappa shape index (κ3) is 4.45. The number of rotatable bonds is 9. The maximum absolute atomic E-state index is 13.8. The zero-order chi connectivity index (χ0) is 25.6. The summed E-state index contributed by atoms with van der Waals surface area (Å²) in [5.41, 5.74) is -0.433. The quantitative estimate of drug-likeness (QED) is 0.376. The van der Waals surface area contributed by atoms with Crippen LogP contribution in [0.4, 0.5) is 0 Å². The number of methoxy groups -OCH3 is 1. The Hall–Kier alpha value is -2.72. The van der Waals surface area contributed by atoms with Gasteiger partial charge in [0.25, 0.3) is 5.56 Å². The number of para-hydroxylation sites is 1. The molecule has 2 aliphatic carbocycles. The minimum absolute atomic E-state index is 0.0266. The van der Waals surface area contributed by atoms with Gasteiger partial charge in [0.2, 0.25) is 0 Å². The highest BCUT2D eigenvalue weighted by molar-refractivity contribution is 7.52. The first-order chi connectivity index (χ1) is 17.2. The van der Waals surface area contributed by atoms with Crippen molar-refractivity contribution in [2.24, 2.45) is 23.7 Å². The fourth-order valence-corrected chi connectivity index (χ4v) is 7.57. The molecule has 0 amide bonds. The molecular weight excluding hydrogens is 489 g/mol. The van der Waals surface area contributed by atoms with Gasteiger partial charge >= 0.3 is 19.4 Å². The number of nitrogens with one attached hydrogen (secondary N) is 2. The van der Waals surface area contributed by atoms with Gasteiger partial charge in [0.15, 0.2) is 0 Å². The number of aryl methyl sites for hydroxylation is 1. The van der Waals surface area contributed by atoms with Crippen LogP contribution in [-0.2, 0) is 23.4 Å². The van der Waals surface area contributed by atoms with Crippen LogP contribution in [0, 0.1) is 30.6 Å². The SMILES string of the molecule is COC(=O)[C@H](C)NP(=O)(OCC1C2COC3C2CC1C3n1cc(C)c(=O)[nH]c1=O)Oc1ccccc1. The Labute approximate surface area is 207 Å². The summed E-state index contributed by atoms with van der Waals surface area (Å²) in [6, 6.07) is 7.38. The van der Waals surface area contributed by atoms with Gasteiger partial charge in [-0.3, -0.25) is 23.7 Å². The second-order valence-corrected chi connectivity index (χ2v) is 11.4. The lowest BCUT2D eigenvalue weighted by Crippen LogP contribution is -2.43. The zero-order valence-corrected chi connectivity index (χ0v) is 21.2. The molecule has 0 spiro atoms. The number of carbonyl (C=O) groups excluding carboxylic acids is 1. The van der Waals surface area contributed by atoms with Crippen molar-refractivity contribution in [3.63, 3.8) is 0 Å². The highest BCUT2D eigenvalue weighted by atomic mass is 31.2. The van der Waals surface area contributed by atoms with Crippen molar-refractivity contribution in [3.05, 3.63) is 62.9 Å². The molecule has 2 N–H and O–H groups in total. The predicted molar refractivity (Wildman–Crippen MR) is 129 cm³/mol. The summed E-state index contributed by atoms with van der Waals surface area (Å²) in [5, 5.41) is 2.68. The lowest BCUT2D eigenvalue weighted by molar-refractivity contribution is -0.142. The van der Waals surface area contributed by atoms with Gasteiger partial charge in [-0.25, -0.2) is 9.36 Å². The van der Waals surface area contributed by atoms with Gasteiger partial charge in [0, 0.05) is 11.8 Å². The fourth-order valence-electron chi connectivity index (χ4n) is 6.04. The van der Waals surface area contributed by atoms with E-state index in [0.717, 1.165) is 6.42 Å². The van der Waals surface area contributed by atoms with Crippen molar-refractivity contribution in [1.29, 1.82) is 0 Å². The van der Waals surface area contributed by atoms with Gasteiger partial charge in [-0.05, 0) is 56.1 Å². The Morgan fingerprint density at radius 2 is 2.00 bits per heavy atom. The molecule has 194 valence electrons. The summed E-state index contributed by atoms with van der Waals surface area (Å²) in [7, 11) is -2.74. The van der Waals surface area contributed by atoms with Crippen LogP contribution in [0.5, 0.6) is 5.75 Å². The maximum atomic E-state index is 13.8. The number of aromatic nitrogens is 2. The van der Waals surface area contributed by atoms with Crippen molar-refractivity contribution in [1.82, 2.24) is 14.6 Å². The van der Waals surface area contributed by atoms with Crippen molar-refractivity contribution in [2.45, 2.75) is 38.5 Å². The summed E-state index contributed by atoms with van der Waals surface area (Å²) in [6.07, 6.45) is 2.31. The van der Waals surface area contributed by atoms with E-state index in [4.69, 9.17) is 18.5 Å². The smallest absolute Gasteiger partial charge is 0.459 e. The van der Waals surface area contributed by atoms with Crippen LogP contribution in [0.15, 0.2) is 46.1 Å². The van der Waals surface area contributed by atoms with Crippen LogP contribution in [-0.4, -0.2) is 48.0 Å². The number of hydrogen-bond donors (Lipinski definition) is 2. The van der Waals surface area contributed by atoms with E-state index < -0.39 is 31.0 Å². The van der Waals surface area contributed by atoms with Crippen LogP contribution in [0.3, 0.4) is 0 Å². The number of aromatic amines is 1. The van der Waals surface area contributed by atoms with E-state index in [1.54, 1.807) is 48.0 Å². The van der Waals surface area contributed by atoms with E-state index in [2.05, 4.69) is 10.1 Å². The highest BCUT2D eigenvalue weighted by Crippen LogP contribution is 2.62. The molecule has 1 aliphatic heterocycles. The molecule has 2 heterocycles. The average molecular weight is 519 g/mol. The topological polar surface area (TPSA) is 138 Å². The van der Waals surface area contributed by atoms with Crippen molar-refractivity contribution < 1.29 is 27.9 Å². The number of esters is 1. The summed E-state index contributed by atoms with van der Waals surface area (Å²) >= 11 is 0. The third-order valence-electron chi connectivity index (χ3n) is 7.65. The molecule has 3 aliphatic rings. The normalized spacial score (nSPS) is 30.6. The lowest BCUT2D eigenvalue weighted by Gasteiger charge is -2.35. The van der Waals surface area contributed by atoms with Crippen molar-refractivity contribution in [3.8, 4) is 5.75 Å². The third-order valence-corrected chi connectivity index (χ3v) is 9.30. The monoisotopic (exact) mass is 519 g/mol. The summed E-state index contributed by atoms with van der Waals surface area (Å²) < 4.78 is 37.9. The van der Waals surface area contributed by atoms with Crippen LogP contribution in [0.25, 0.3) is 0 Å². The van der Waals surface area contributed by atoms with Gasteiger partial charge in [-0.1, -0.05) is 18.2 Å². The number of benzene rings is 1. The number of hydrogen-bond acceptors (Lipinski definition) is 8. The Bertz CT molecular complexity index is 1290. The number of carbonyl (C=O) groups is 1. The second-order valence-electron chi connectivity index (χ2n) is 9.73. The van der Waals surface area contributed by atoms with Gasteiger partial charge < -0.3 is 14.0 Å². The van der Waals surface area contributed by atoms with E-state index in [1.165, 1.54) is 14.0 Å². The van der Waals surface area contributed by atoms with Crippen molar-refractivity contribution >= 4 is 13.7 Å². The molecule has 2 bridgehead atoms. The van der Waals surface area contributed by atoms with E-state index in [1.807, 2.05) is 0 Å². The summed E-state index contributed by atoms with van der Waals surface area (Å²) in [4.78, 5) is 39.0. The molecule has 1 aromatic carbocycles. The standard InChI is InChI=1S/C24H30N3O8P/c1-13-10-27(24(30)25-22(13)28)20-16-9-17-18(11-33-21(17)20)19(16)12-34-36(31,26-14(2)23(29)32-3)35-15-7-5-4-6-8-15/h4-8,10,14,16-21H,9,11-12H2,1-3H3,(H,26,31)(H,25,28,30)/t14-,16?,17?,18?,19?,20?,21?,36?/m0/s1. The molecule has 7 unspecified atom stereocenters. The molecule has 2 saturated carbocycles. The van der Waals surface area contributed by atoms with Crippen LogP contribution >= 0.6 is 7.75 Å². The minimum Gasteiger partial charge on any atom is -0.468 e. The van der Waals surface area contributed by atoms with E-state index >= 15 is 0 Å². The van der Waals surface area contributed by atoms with Gasteiger partial charge in [0.1, 0.15) is 11.8 Å². The Morgan fingerprint density at radius 1 is 1.25 bits per heavy atom.